The molecule has 0 saturated carbocycles. The standard InChI is InChI=1S/C11H15N3OS/c1-8-5-9(6-15)13-11(12-8)10-7-16-4-3-14(10)2/h5-6,10H,3-4,7H2,1-2H3. The molecule has 16 heavy (non-hydrogen) atoms. The first kappa shape index (κ1) is 11.5. The number of carbonyl (C=O) groups excluding carboxylic acids is 1. The van der Waals surface area contributed by atoms with E-state index in [2.05, 4.69) is 21.9 Å². The Bertz CT molecular complexity index is 397. The molecule has 0 radical (unpaired) electrons. The fourth-order valence-electron chi connectivity index (χ4n) is 1.78. The minimum Gasteiger partial charge on any atom is -0.296 e. The molecule has 4 nitrogen and oxygen atoms in total. The minimum atomic E-state index is 0.234. The average Bonchev–Trinajstić information content (AvgIpc) is 2.28. The van der Waals surface area contributed by atoms with Crippen LogP contribution in [0.15, 0.2) is 6.07 Å². The van der Waals surface area contributed by atoms with E-state index in [0.29, 0.717) is 5.69 Å². The van der Waals surface area contributed by atoms with Gasteiger partial charge in [-0.25, -0.2) is 9.97 Å². The van der Waals surface area contributed by atoms with E-state index in [1.165, 1.54) is 0 Å². The van der Waals surface area contributed by atoms with Crippen molar-refractivity contribution in [2.75, 3.05) is 25.1 Å². The van der Waals surface area contributed by atoms with Crippen LogP contribution in [0.3, 0.4) is 0 Å². The fraction of sp³-hybridized carbons (Fsp3) is 0.545. The zero-order valence-corrected chi connectivity index (χ0v) is 10.3. The molecule has 2 heterocycles. The van der Waals surface area contributed by atoms with Crippen LogP contribution in [0.1, 0.15) is 28.0 Å². The molecule has 86 valence electrons. The third kappa shape index (κ3) is 2.41. The van der Waals surface area contributed by atoms with Gasteiger partial charge in [-0.3, -0.25) is 9.69 Å². The zero-order valence-electron chi connectivity index (χ0n) is 9.51. The highest BCUT2D eigenvalue weighted by atomic mass is 32.2. The van der Waals surface area contributed by atoms with E-state index in [1.807, 2.05) is 18.7 Å². The normalized spacial score (nSPS) is 22.0. The molecule has 1 atom stereocenters. The first-order valence-corrected chi connectivity index (χ1v) is 6.45. The maximum Gasteiger partial charge on any atom is 0.168 e. The Kier molecular flexibility index (Phi) is 3.56. The molecule has 0 N–H and O–H groups in total. The summed E-state index contributed by atoms with van der Waals surface area (Å²) in [6.45, 7) is 2.94. The molecule has 0 aliphatic carbocycles. The SMILES string of the molecule is Cc1cc(C=O)nc(C2CSCCN2C)n1. The largest absolute Gasteiger partial charge is 0.296 e. The molecule has 1 aliphatic rings. The maximum atomic E-state index is 10.8. The van der Waals surface area contributed by atoms with Gasteiger partial charge in [0.15, 0.2) is 6.29 Å². The highest BCUT2D eigenvalue weighted by molar-refractivity contribution is 7.99. The lowest BCUT2D eigenvalue weighted by molar-refractivity contribution is 0.111. The van der Waals surface area contributed by atoms with Crippen LogP contribution >= 0.6 is 11.8 Å². The molecule has 0 spiro atoms. The molecule has 5 heteroatoms. The number of rotatable bonds is 2. The number of hydrogen-bond acceptors (Lipinski definition) is 5. The van der Waals surface area contributed by atoms with Crippen molar-refractivity contribution in [3.8, 4) is 0 Å². The first-order valence-electron chi connectivity index (χ1n) is 5.29. The number of thioether (sulfide) groups is 1. The molecular formula is C11H15N3OS. The van der Waals surface area contributed by atoms with Gasteiger partial charge in [0, 0.05) is 23.7 Å². The average molecular weight is 237 g/mol. The second-order valence-corrected chi connectivity index (χ2v) is 5.13. The number of hydrogen-bond donors (Lipinski definition) is 0. The molecule has 2 rings (SSSR count). The summed E-state index contributed by atoms with van der Waals surface area (Å²) in [7, 11) is 2.08. The summed E-state index contributed by atoms with van der Waals surface area (Å²) in [6, 6.07) is 1.95. The predicted octanol–water partition coefficient (Wildman–Crippen LogP) is 1.32. The topological polar surface area (TPSA) is 46.1 Å². The van der Waals surface area contributed by atoms with E-state index in [-0.39, 0.29) is 6.04 Å². The Morgan fingerprint density at radius 3 is 3.06 bits per heavy atom. The van der Waals surface area contributed by atoms with Crippen molar-refractivity contribution in [2.45, 2.75) is 13.0 Å². The third-order valence-electron chi connectivity index (χ3n) is 2.71. The van der Waals surface area contributed by atoms with Crippen molar-refractivity contribution >= 4 is 18.0 Å². The van der Waals surface area contributed by atoms with E-state index in [9.17, 15) is 4.79 Å². The Labute approximate surface area is 99.5 Å². The zero-order chi connectivity index (χ0) is 11.5. The van der Waals surface area contributed by atoms with E-state index >= 15 is 0 Å². The van der Waals surface area contributed by atoms with Crippen LogP contribution in [0.4, 0.5) is 0 Å². The van der Waals surface area contributed by atoms with Crippen LogP contribution in [0.25, 0.3) is 0 Å². The van der Waals surface area contributed by atoms with E-state index < -0.39 is 0 Å². The second-order valence-electron chi connectivity index (χ2n) is 3.98. The molecule has 1 aromatic rings. The number of aromatic nitrogens is 2. The van der Waals surface area contributed by atoms with E-state index in [1.54, 1.807) is 6.07 Å². The fourth-order valence-corrected chi connectivity index (χ4v) is 2.99. The van der Waals surface area contributed by atoms with Crippen LogP contribution in [0.2, 0.25) is 0 Å². The van der Waals surface area contributed by atoms with Gasteiger partial charge in [0.1, 0.15) is 11.5 Å². The van der Waals surface area contributed by atoms with Gasteiger partial charge in [-0.15, -0.1) is 0 Å². The Balaban J connectivity index is 2.31. The lowest BCUT2D eigenvalue weighted by Crippen LogP contribution is -2.34. The number of aryl methyl sites for hydroxylation is 1. The van der Waals surface area contributed by atoms with Crippen molar-refractivity contribution in [3.05, 3.63) is 23.3 Å². The van der Waals surface area contributed by atoms with Crippen LogP contribution in [-0.2, 0) is 0 Å². The molecule has 1 unspecified atom stereocenters. The lowest BCUT2D eigenvalue weighted by atomic mass is 10.2. The first-order chi connectivity index (χ1) is 7.70. The van der Waals surface area contributed by atoms with Gasteiger partial charge in [0.2, 0.25) is 0 Å². The lowest BCUT2D eigenvalue weighted by Gasteiger charge is -2.30. The van der Waals surface area contributed by atoms with Gasteiger partial charge in [-0.05, 0) is 20.0 Å². The van der Waals surface area contributed by atoms with Crippen molar-refractivity contribution in [1.29, 1.82) is 0 Å². The van der Waals surface area contributed by atoms with Gasteiger partial charge in [-0.1, -0.05) is 0 Å². The summed E-state index contributed by atoms with van der Waals surface area (Å²) in [5, 5.41) is 0. The van der Waals surface area contributed by atoms with Crippen molar-refractivity contribution < 1.29 is 4.79 Å². The molecule has 0 aromatic carbocycles. The summed E-state index contributed by atoms with van der Waals surface area (Å²) in [5.41, 5.74) is 1.34. The summed E-state index contributed by atoms with van der Waals surface area (Å²) < 4.78 is 0. The molecule has 0 amide bonds. The van der Waals surface area contributed by atoms with Gasteiger partial charge >= 0.3 is 0 Å². The van der Waals surface area contributed by atoms with Crippen LogP contribution in [0, 0.1) is 6.92 Å². The molecular weight excluding hydrogens is 222 g/mol. The highest BCUT2D eigenvalue weighted by Crippen LogP contribution is 2.25. The van der Waals surface area contributed by atoms with Gasteiger partial charge in [-0.2, -0.15) is 11.8 Å². The van der Waals surface area contributed by atoms with Crippen molar-refractivity contribution in [1.82, 2.24) is 14.9 Å². The molecule has 1 saturated heterocycles. The summed E-state index contributed by atoms with van der Waals surface area (Å²) >= 11 is 1.91. The Morgan fingerprint density at radius 2 is 2.38 bits per heavy atom. The molecule has 1 aromatic heterocycles. The molecule has 1 aliphatic heterocycles. The minimum absolute atomic E-state index is 0.234. The van der Waals surface area contributed by atoms with E-state index in [0.717, 1.165) is 35.9 Å². The summed E-state index contributed by atoms with van der Waals surface area (Å²) in [6.07, 6.45) is 0.786. The smallest absolute Gasteiger partial charge is 0.168 e. The van der Waals surface area contributed by atoms with Crippen molar-refractivity contribution in [2.24, 2.45) is 0 Å². The quantitative estimate of drug-likeness (QED) is 0.726. The van der Waals surface area contributed by atoms with Gasteiger partial charge in [0.05, 0.1) is 6.04 Å². The van der Waals surface area contributed by atoms with Crippen LogP contribution in [0.5, 0.6) is 0 Å². The number of aldehydes is 1. The van der Waals surface area contributed by atoms with Crippen LogP contribution in [-0.4, -0.2) is 46.3 Å². The predicted molar refractivity (Wildman–Crippen MR) is 64.9 cm³/mol. The third-order valence-corrected chi connectivity index (χ3v) is 3.73. The number of carbonyl (C=O) groups is 1. The van der Waals surface area contributed by atoms with Crippen molar-refractivity contribution in [3.63, 3.8) is 0 Å². The number of nitrogens with zero attached hydrogens (tertiary/aromatic N) is 3. The Morgan fingerprint density at radius 1 is 1.56 bits per heavy atom. The highest BCUT2D eigenvalue weighted by Gasteiger charge is 2.23. The monoisotopic (exact) mass is 237 g/mol. The second kappa shape index (κ2) is 4.93. The van der Waals surface area contributed by atoms with Gasteiger partial charge < -0.3 is 0 Å². The Hall–Kier alpha value is -0.940. The summed E-state index contributed by atoms with van der Waals surface area (Å²) in [4.78, 5) is 21.7. The van der Waals surface area contributed by atoms with Gasteiger partial charge in [0.25, 0.3) is 0 Å². The molecule has 1 fully saturated rings. The van der Waals surface area contributed by atoms with Crippen LogP contribution < -0.4 is 0 Å². The van der Waals surface area contributed by atoms with E-state index in [4.69, 9.17) is 0 Å². The molecule has 0 bridgehead atoms. The summed E-state index contributed by atoms with van der Waals surface area (Å²) in [5.74, 6) is 2.93. The maximum absolute atomic E-state index is 10.8.